The average Bonchev–Trinajstić information content (AvgIpc) is 3.19. The number of aliphatic imine (C=N–C) groups is 1. The van der Waals surface area contributed by atoms with Gasteiger partial charge in [-0.25, -0.2) is 0 Å². The molecule has 150 valence electrons. The Kier molecular flexibility index (Phi) is 12.6. The standard InChI is InChI=1S/C20H29N3O3.HI/c1-3-24-15-18-9-7-17(8-10-18)14-23-20(21-2)22-11-5-12-25-16-19-6-4-13-26-19;/h4,6-10,13H,3,5,11-12,14-16H2,1-2H3,(H2,21,22,23);1H. The van der Waals surface area contributed by atoms with Crippen LogP contribution in [0.15, 0.2) is 52.1 Å². The van der Waals surface area contributed by atoms with Crippen LogP contribution in [0.5, 0.6) is 0 Å². The van der Waals surface area contributed by atoms with Gasteiger partial charge >= 0.3 is 0 Å². The summed E-state index contributed by atoms with van der Waals surface area (Å²) in [6.07, 6.45) is 2.55. The van der Waals surface area contributed by atoms with Gasteiger partial charge in [-0.05, 0) is 36.6 Å². The fourth-order valence-corrected chi connectivity index (χ4v) is 2.33. The van der Waals surface area contributed by atoms with E-state index in [0.717, 1.165) is 37.8 Å². The van der Waals surface area contributed by atoms with Crippen molar-refractivity contribution in [2.45, 2.75) is 33.1 Å². The summed E-state index contributed by atoms with van der Waals surface area (Å²) in [6.45, 7) is 6.11. The molecule has 0 aliphatic rings. The van der Waals surface area contributed by atoms with Crippen molar-refractivity contribution in [3.63, 3.8) is 0 Å². The molecule has 0 bridgehead atoms. The molecule has 0 saturated heterocycles. The molecule has 1 aromatic carbocycles. The molecule has 0 aliphatic carbocycles. The molecule has 0 fully saturated rings. The number of rotatable bonds is 11. The maximum absolute atomic E-state index is 5.56. The number of nitrogens with one attached hydrogen (secondary N) is 2. The van der Waals surface area contributed by atoms with E-state index in [0.29, 0.717) is 19.8 Å². The molecule has 0 radical (unpaired) electrons. The molecule has 6 nitrogen and oxygen atoms in total. The Morgan fingerprint density at radius 1 is 1.04 bits per heavy atom. The van der Waals surface area contributed by atoms with Gasteiger partial charge in [0.05, 0.1) is 12.9 Å². The van der Waals surface area contributed by atoms with Crippen LogP contribution in [0, 0.1) is 0 Å². The van der Waals surface area contributed by atoms with Crippen molar-refractivity contribution in [2.24, 2.45) is 4.99 Å². The molecule has 0 aliphatic heterocycles. The number of hydrogen-bond donors (Lipinski definition) is 2. The molecule has 27 heavy (non-hydrogen) atoms. The third-order valence-electron chi connectivity index (χ3n) is 3.76. The van der Waals surface area contributed by atoms with Crippen LogP contribution in [0.3, 0.4) is 0 Å². The second kappa shape index (κ2) is 14.5. The maximum Gasteiger partial charge on any atom is 0.191 e. The molecule has 2 N–H and O–H groups in total. The van der Waals surface area contributed by atoms with E-state index in [1.54, 1.807) is 13.3 Å². The lowest BCUT2D eigenvalue weighted by molar-refractivity contribution is 0.105. The van der Waals surface area contributed by atoms with E-state index in [1.165, 1.54) is 11.1 Å². The highest BCUT2D eigenvalue weighted by Gasteiger charge is 2.00. The Hall–Kier alpha value is -1.58. The highest BCUT2D eigenvalue weighted by Crippen LogP contribution is 2.05. The van der Waals surface area contributed by atoms with Gasteiger partial charge in [0.1, 0.15) is 12.4 Å². The van der Waals surface area contributed by atoms with Crippen molar-refractivity contribution < 1.29 is 13.9 Å². The summed E-state index contributed by atoms with van der Waals surface area (Å²) in [5, 5.41) is 6.60. The Bertz CT molecular complexity index is 630. The molecule has 0 saturated carbocycles. The van der Waals surface area contributed by atoms with Crippen LogP contribution in [-0.4, -0.2) is 32.8 Å². The minimum absolute atomic E-state index is 0. The van der Waals surface area contributed by atoms with Crippen LogP contribution >= 0.6 is 24.0 Å². The lowest BCUT2D eigenvalue weighted by Gasteiger charge is -2.12. The van der Waals surface area contributed by atoms with Crippen molar-refractivity contribution in [3.8, 4) is 0 Å². The zero-order valence-corrected chi connectivity index (χ0v) is 18.4. The van der Waals surface area contributed by atoms with Crippen molar-refractivity contribution in [1.29, 1.82) is 0 Å². The summed E-state index contributed by atoms with van der Waals surface area (Å²) in [5.74, 6) is 1.64. The zero-order valence-electron chi connectivity index (χ0n) is 16.1. The smallest absolute Gasteiger partial charge is 0.191 e. The number of hydrogen-bond acceptors (Lipinski definition) is 4. The first-order chi connectivity index (χ1) is 12.8. The Morgan fingerprint density at radius 3 is 2.48 bits per heavy atom. The van der Waals surface area contributed by atoms with Crippen molar-refractivity contribution in [2.75, 3.05) is 26.8 Å². The summed E-state index contributed by atoms with van der Waals surface area (Å²) in [6, 6.07) is 12.2. The number of ether oxygens (including phenoxy) is 2. The predicted molar refractivity (Wildman–Crippen MR) is 118 cm³/mol. The van der Waals surface area contributed by atoms with Gasteiger partial charge < -0.3 is 24.5 Å². The maximum atomic E-state index is 5.56. The lowest BCUT2D eigenvalue weighted by Crippen LogP contribution is -2.37. The van der Waals surface area contributed by atoms with Gasteiger partial charge in [-0.1, -0.05) is 24.3 Å². The summed E-state index contributed by atoms with van der Waals surface area (Å²) >= 11 is 0. The second-order valence-electron chi connectivity index (χ2n) is 5.79. The highest BCUT2D eigenvalue weighted by molar-refractivity contribution is 14.0. The number of benzene rings is 1. The molecule has 2 aromatic rings. The van der Waals surface area contributed by atoms with Crippen molar-refractivity contribution >= 4 is 29.9 Å². The number of guanidine groups is 1. The normalized spacial score (nSPS) is 11.1. The van der Waals surface area contributed by atoms with Gasteiger partial charge in [0.2, 0.25) is 0 Å². The zero-order chi connectivity index (χ0) is 18.5. The van der Waals surface area contributed by atoms with Crippen LogP contribution in [0.25, 0.3) is 0 Å². The summed E-state index contributed by atoms with van der Waals surface area (Å²) in [4.78, 5) is 4.24. The van der Waals surface area contributed by atoms with E-state index in [4.69, 9.17) is 13.9 Å². The molecular formula is C20H30IN3O3. The first-order valence-corrected chi connectivity index (χ1v) is 9.02. The molecular weight excluding hydrogens is 457 g/mol. The summed E-state index contributed by atoms with van der Waals surface area (Å²) in [5.41, 5.74) is 2.39. The minimum Gasteiger partial charge on any atom is -0.467 e. The number of nitrogens with zero attached hydrogens (tertiary/aromatic N) is 1. The molecule has 2 rings (SSSR count). The number of furan rings is 1. The fraction of sp³-hybridized carbons (Fsp3) is 0.450. The van der Waals surface area contributed by atoms with Crippen molar-refractivity contribution in [3.05, 3.63) is 59.5 Å². The molecule has 1 aromatic heterocycles. The van der Waals surface area contributed by atoms with Gasteiger partial charge in [0, 0.05) is 33.4 Å². The minimum atomic E-state index is 0. The van der Waals surface area contributed by atoms with E-state index >= 15 is 0 Å². The average molecular weight is 487 g/mol. The topological polar surface area (TPSA) is 68.0 Å². The van der Waals surface area contributed by atoms with E-state index < -0.39 is 0 Å². The number of halogens is 1. The van der Waals surface area contributed by atoms with Gasteiger partial charge in [-0.2, -0.15) is 0 Å². The van der Waals surface area contributed by atoms with Crippen LogP contribution in [0.2, 0.25) is 0 Å². The quantitative estimate of drug-likeness (QED) is 0.219. The van der Waals surface area contributed by atoms with Gasteiger partial charge in [-0.3, -0.25) is 4.99 Å². The van der Waals surface area contributed by atoms with E-state index in [9.17, 15) is 0 Å². The molecule has 0 atom stereocenters. The van der Waals surface area contributed by atoms with Gasteiger partial charge in [0.15, 0.2) is 5.96 Å². The van der Waals surface area contributed by atoms with Crippen LogP contribution in [0.4, 0.5) is 0 Å². The predicted octanol–water partition coefficient (Wildman–Crippen LogP) is 3.71. The van der Waals surface area contributed by atoms with Crippen LogP contribution in [-0.2, 0) is 29.2 Å². The summed E-state index contributed by atoms with van der Waals surface area (Å²) < 4.78 is 16.2. The van der Waals surface area contributed by atoms with Crippen LogP contribution in [0.1, 0.15) is 30.2 Å². The molecule has 0 amide bonds. The Labute approximate surface area is 178 Å². The van der Waals surface area contributed by atoms with Gasteiger partial charge in [-0.15, -0.1) is 24.0 Å². The monoisotopic (exact) mass is 487 g/mol. The second-order valence-corrected chi connectivity index (χ2v) is 5.79. The molecule has 1 heterocycles. The largest absolute Gasteiger partial charge is 0.467 e. The van der Waals surface area contributed by atoms with Gasteiger partial charge in [0.25, 0.3) is 0 Å². The Morgan fingerprint density at radius 2 is 1.81 bits per heavy atom. The first-order valence-electron chi connectivity index (χ1n) is 9.02. The lowest BCUT2D eigenvalue weighted by atomic mass is 10.1. The summed E-state index contributed by atoms with van der Waals surface area (Å²) in [7, 11) is 1.77. The molecule has 7 heteroatoms. The molecule has 0 unspecified atom stereocenters. The van der Waals surface area contributed by atoms with Crippen molar-refractivity contribution in [1.82, 2.24) is 10.6 Å². The fourth-order valence-electron chi connectivity index (χ4n) is 2.33. The third kappa shape index (κ3) is 9.78. The first kappa shape index (κ1) is 23.5. The van der Waals surface area contributed by atoms with Crippen LogP contribution < -0.4 is 10.6 Å². The SMILES string of the molecule is CCOCc1ccc(CNC(=NC)NCCCOCc2ccco2)cc1.I. The Balaban J connectivity index is 0.00000364. The third-order valence-corrected chi connectivity index (χ3v) is 3.76. The highest BCUT2D eigenvalue weighted by atomic mass is 127. The van der Waals surface area contributed by atoms with E-state index in [2.05, 4.69) is 39.9 Å². The van der Waals surface area contributed by atoms with E-state index in [1.807, 2.05) is 19.1 Å². The van der Waals surface area contributed by atoms with E-state index in [-0.39, 0.29) is 24.0 Å². The molecule has 0 spiro atoms.